The number of aliphatic hydroxyl groups excluding tert-OH is 1. The van der Waals surface area contributed by atoms with E-state index in [-0.39, 0.29) is 6.61 Å². The predicted molar refractivity (Wildman–Crippen MR) is 77.1 cm³/mol. The van der Waals surface area contributed by atoms with E-state index in [1.807, 2.05) is 6.08 Å². The second kappa shape index (κ2) is 15.2. The van der Waals surface area contributed by atoms with Crippen molar-refractivity contribution in [3.63, 3.8) is 0 Å². The Hall–Kier alpha value is -0.820. The average Bonchev–Trinajstić information content (AvgIpc) is 2.35. The molecule has 0 unspecified atom stereocenters. The van der Waals surface area contributed by atoms with Crippen LogP contribution in [0.4, 0.5) is 0 Å². The maximum Gasteiger partial charge on any atom is 0.0612 e. The van der Waals surface area contributed by atoms with Gasteiger partial charge in [-0.1, -0.05) is 69.1 Å². The molecule has 1 heteroatoms. The maximum absolute atomic E-state index is 8.52. The van der Waals surface area contributed by atoms with E-state index >= 15 is 0 Å². The molecule has 0 saturated heterocycles. The number of rotatable bonds is 11. The van der Waals surface area contributed by atoms with E-state index in [0.717, 1.165) is 12.8 Å². The first-order chi connectivity index (χ1) is 8.41. The number of unbranched alkanes of at least 4 members (excludes halogenated alkanes) is 5. The van der Waals surface area contributed by atoms with Crippen LogP contribution in [0, 0.1) is 0 Å². The van der Waals surface area contributed by atoms with Crippen molar-refractivity contribution < 1.29 is 5.11 Å². The summed E-state index contributed by atoms with van der Waals surface area (Å²) in [7, 11) is 0. The van der Waals surface area contributed by atoms with E-state index in [4.69, 9.17) is 5.11 Å². The summed E-state index contributed by atoms with van der Waals surface area (Å²) in [5, 5.41) is 8.52. The van der Waals surface area contributed by atoms with Gasteiger partial charge < -0.3 is 5.11 Å². The first-order valence-corrected chi connectivity index (χ1v) is 6.97. The summed E-state index contributed by atoms with van der Waals surface area (Å²) in [5.74, 6) is 0. The van der Waals surface area contributed by atoms with Gasteiger partial charge >= 0.3 is 0 Å². The monoisotopic (exact) mass is 236 g/mol. The maximum atomic E-state index is 8.52. The molecule has 0 aliphatic rings. The fraction of sp³-hybridized carbons (Fsp3) is 0.625. The lowest BCUT2D eigenvalue weighted by Crippen LogP contribution is -1.75. The zero-order chi connectivity index (χ0) is 12.6. The number of hydrogen-bond donors (Lipinski definition) is 1. The second-order valence-electron chi connectivity index (χ2n) is 4.27. The van der Waals surface area contributed by atoms with Crippen molar-refractivity contribution in [3.8, 4) is 0 Å². The van der Waals surface area contributed by atoms with Crippen molar-refractivity contribution in [2.24, 2.45) is 0 Å². The Morgan fingerprint density at radius 2 is 1.29 bits per heavy atom. The normalized spacial score (nSPS) is 12.4. The van der Waals surface area contributed by atoms with Crippen molar-refractivity contribution in [1.29, 1.82) is 0 Å². The third-order valence-corrected chi connectivity index (χ3v) is 2.62. The molecule has 0 aromatic heterocycles. The van der Waals surface area contributed by atoms with Gasteiger partial charge in [-0.05, 0) is 25.7 Å². The predicted octanol–water partition coefficient (Wildman–Crippen LogP) is 4.79. The Balaban J connectivity index is 3.21. The van der Waals surface area contributed by atoms with Gasteiger partial charge in [-0.15, -0.1) is 0 Å². The molecule has 0 aromatic carbocycles. The van der Waals surface area contributed by atoms with Crippen molar-refractivity contribution in [1.82, 2.24) is 0 Å². The Morgan fingerprint density at radius 3 is 1.94 bits per heavy atom. The lowest BCUT2D eigenvalue weighted by molar-refractivity contribution is 0.342. The minimum atomic E-state index is 0.145. The average molecular weight is 236 g/mol. The zero-order valence-electron chi connectivity index (χ0n) is 11.3. The van der Waals surface area contributed by atoms with Crippen LogP contribution in [0.3, 0.4) is 0 Å². The van der Waals surface area contributed by atoms with Crippen LogP contribution in [-0.2, 0) is 0 Å². The Morgan fingerprint density at radius 1 is 0.706 bits per heavy atom. The fourth-order valence-corrected chi connectivity index (χ4v) is 1.60. The van der Waals surface area contributed by atoms with Gasteiger partial charge in [0.15, 0.2) is 0 Å². The third kappa shape index (κ3) is 15.2. The summed E-state index contributed by atoms with van der Waals surface area (Å²) in [4.78, 5) is 0. The molecule has 0 amide bonds. The Kier molecular flexibility index (Phi) is 14.4. The molecule has 0 radical (unpaired) electrons. The van der Waals surface area contributed by atoms with Crippen LogP contribution in [0.25, 0.3) is 0 Å². The highest BCUT2D eigenvalue weighted by Crippen LogP contribution is 2.05. The van der Waals surface area contributed by atoms with E-state index in [0.29, 0.717) is 0 Å². The molecule has 0 heterocycles. The molecule has 98 valence electrons. The van der Waals surface area contributed by atoms with Crippen LogP contribution in [0.5, 0.6) is 0 Å². The quantitative estimate of drug-likeness (QED) is 0.404. The second-order valence-corrected chi connectivity index (χ2v) is 4.27. The van der Waals surface area contributed by atoms with Crippen LogP contribution in [0.15, 0.2) is 36.5 Å². The van der Waals surface area contributed by atoms with Crippen LogP contribution >= 0.6 is 0 Å². The van der Waals surface area contributed by atoms with Crippen LogP contribution in [0.1, 0.15) is 58.3 Å². The molecule has 0 rings (SSSR count). The minimum absolute atomic E-state index is 0.145. The van der Waals surface area contributed by atoms with Gasteiger partial charge in [0.05, 0.1) is 6.61 Å². The molecule has 0 bridgehead atoms. The lowest BCUT2D eigenvalue weighted by atomic mass is 10.1. The lowest BCUT2D eigenvalue weighted by Gasteiger charge is -1.95. The molecule has 0 aliphatic heterocycles. The van der Waals surface area contributed by atoms with E-state index < -0.39 is 0 Å². The topological polar surface area (TPSA) is 20.2 Å². The van der Waals surface area contributed by atoms with E-state index in [9.17, 15) is 0 Å². The van der Waals surface area contributed by atoms with Crippen LogP contribution < -0.4 is 0 Å². The fourth-order valence-electron chi connectivity index (χ4n) is 1.60. The largest absolute Gasteiger partial charge is 0.392 e. The van der Waals surface area contributed by atoms with Crippen LogP contribution in [-0.4, -0.2) is 11.7 Å². The highest BCUT2D eigenvalue weighted by atomic mass is 16.2. The summed E-state index contributed by atoms with van der Waals surface area (Å²) in [6.07, 6.45) is 22.6. The van der Waals surface area contributed by atoms with Gasteiger partial charge in [0.2, 0.25) is 0 Å². The molecule has 0 atom stereocenters. The van der Waals surface area contributed by atoms with Crippen molar-refractivity contribution in [3.05, 3.63) is 36.5 Å². The first-order valence-electron chi connectivity index (χ1n) is 6.97. The Bertz CT molecular complexity index is 214. The summed E-state index contributed by atoms with van der Waals surface area (Å²) >= 11 is 0. The molecular weight excluding hydrogens is 208 g/mol. The summed E-state index contributed by atoms with van der Waals surface area (Å²) in [6.45, 7) is 2.40. The molecule has 0 saturated carbocycles. The van der Waals surface area contributed by atoms with Gasteiger partial charge in [-0.25, -0.2) is 0 Å². The highest BCUT2D eigenvalue weighted by molar-refractivity contribution is 4.97. The molecule has 1 nitrogen and oxygen atoms in total. The molecule has 1 N–H and O–H groups in total. The Labute approximate surface area is 107 Å². The molecule has 17 heavy (non-hydrogen) atoms. The van der Waals surface area contributed by atoms with Crippen LogP contribution in [0.2, 0.25) is 0 Å². The van der Waals surface area contributed by atoms with Gasteiger partial charge in [-0.3, -0.25) is 0 Å². The van der Waals surface area contributed by atoms with Gasteiger partial charge in [0.1, 0.15) is 0 Å². The van der Waals surface area contributed by atoms with Crippen molar-refractivity contribution in [2.75, 3.05) is 6.61 Å². The van der Waals surface area contributed by atoms with E-state index in [2.05, 4.69) is 31.2 Å². The van der Waals surface area contributed by atoms with E-state index in [1.54, 1.807) is 6.08 Å². The first kappa shape index (κ1) is 16.2. The van der Waals surface area contributed by atoms with Gasteiger partial charge in [-0.2, -0.15) is 0 Å². The number of allylic oxidation sites excluding steroid dienone is 5. The smallest absolute Gasteiger partial charge is 0.0612 e. The van der Waals surface area contributed by atoms with E-state index in [1.165, 1.54) is 38.5 Å². The molecule has 0 aliphatic carbocycles. The summed E-state index contributed by atoms with van der Waals surface area (Å²) in [5.41, 5.74) is 0. The minimum Gasteiger partial charge on any atom is -0.392 e. The third-order valence-electron chi connectivity index (χ3n) is 2.62. The SMILES string of the molecule is CCCCCCC/C=C\C/C=C\C/C=C\CO. The molecule has 0 fully saturated rings. The highest BCUT2D eigenvalue weighted by Gasteiger charge is 1.85. The summed E-state index contributed by atoms with van der Waals surface area (Å²) in [6, 6.07) is 0. The van der Waals surface area contributed by atoms with Gasteiger partial charge in [0.25, 0.3) is 0 Å². The number of aliphatic hydroxyl groups is 1. The molecule has 0 aromatic rings. The molecular formula is C16H28O. The van der Waals surface area contributed by atoms with Crippen molar-refractivity contribution in [2.45, 2.75) is 58.3 Å². The standard InChI is InChI=1S/C16H28O/c1-2-3-4-5-6-7-8-9-10-11-12-13-14-15-16-17/h8-9,11-12,14-15,17H,2-7,10,13,16H2,1H3/b9-8-,12-11-,15-14-. The number of hydrogen-bond acceptors (Lipinski definition) is 1. The summed E-state index contributed by atoms with van der Waals surface area (Å²) < 4.78 is 0. The van der Waals surface area contributed by atoms with Crippen molar-refractivity contribution >= 4 is 0 Å². The molecule has 0 spiro atoms. The zero-order valence-corrected chi connectivity index (χ0v) is 11.3. The van der Waals surface area contributed by atoms with Gasteiger partial charge in [0, 0.05) is 0 Å².